The molecule has 1 heterocycles. The molecule has 1 saturated heterocycles. The number of benzene rings is 1. The maximum Gasteiger partial charge on any atom is 0.211 e. The fourth-order valence-electron chi connectivity index (χ4n) is 2.63. The summed E-state index contributed by atoms with van der Waals surface area (Å²) in [4.78, 5) is 2.29. The number of ether oxygens (including phenoxy) is 1. The van der Waals surface area contributed by atoms with Gasteiger partial charge in [-0.25, -0.2) is 13.1 Å². The van der Waals surface area contributed by atoms with Crippen LogP contribution in [0.25, 0.3) is 0 Å². The Hall–Kier alpha value is -1.31. The summed E-state index contributed by atoms with van der Waals surface area (Å²) in [7, 11) is -3.21. The summed E-state index contributed by atoms with van der Waals surface area (Å²) >= 11 is 0. The van der Waals surface area contributed by atoms with Crippen LogP contribution in [0.5, 0.6) is 5.75 Å². The van der Waals surface area contributed by atoms with Gasteiger partial charge in [0, 0.05) is 26.2 Å². The van der Waals surface area contributed by atoms with Crippen molar-refractivity contribution in [1.29, 1.82) is 0 Å². The van der Waals surface area contributed by atoms with Gasteiger partial charge in [0.1, 0.15) is 12.4 Å². The third kappa shape index (κ3) is 5.67. The van der Waals surface area contributed by atoms with Gasteiger partial charge in [0.25, 0.3) is 0 Å². The molecule has 1 fully saturated rings. The van der Waals surface area contributed by atoms with Crippen molar-refractivity contribution in [1.82, 2.24) is 10.0 Å². The van der Waals surface area contributed by atoms with Crippen LogP contribution in [0.4, 0.5) is 5.69 Å². The number of anilines is 1. The van der Waals surface area contributed by atoms with Crippen LogP contribution in [0.15, 0.2) is 24.3 Å². The predicted octanol–water partition coefficient (Wildman–Crippen LogP) is 1.19. The number of sulfonamides is 1. The molecule has 2 rings (SSSR count). The molecule has 1 aromatic carbocycles. The molecule has 1 aliphatic heterocycles. The third-order valence-electron chi connectivity index (χ3n) is 3.67. The second kappa shape index (κ2) is 8.52. The lowest BCUT2D eigenvalue weighted by molar-refractivity contribution is 0.287. The van der Waals surface area contributed by atoms with E-state index in [1.165, 1.54) is 0 Å². The molecule has 0 amide bonds. The van der Waals surface area contributed by atoms with E-state index in [1.54, 1.807) is 0 Å². The first kappa shape index (κ1) is 18.0. The van der Waals surface area contributed by atoms with Crippen molar-refractivity contribution in [2.45, 2.75) is 26.3 Å². The molecule has 0 radical (unpaired) electrons. The molecule has 0 aromatic heterocycles. The van der Waals surface area contributed by atoms with Crippen molar-refractivity contribution >= 4 is 15.7 Å². The van der Waals surface area contributed by atoms with E-state index in [9.17, 15) is 8.42 Å². The fourth-order valence-corrected chi connectivity index (χ4v) is 3.97. The molecular weight excluding hydrogens is 314 g/mol. The number of nitrogens with zero attached hydrogens (tertiary/aromatic N) is 1. The van der Waals surface area contributed by atoms with Crippen LogP contribution in [0.3, 0.4) is 0 Å². The summed E-state index contributed by atoms with van der Waals surface area (Å²) in [5.74, 6) is 0.949. The smallest absolute Gasteiger partial charge is 0.211 e. The van der Waals surface area contributed by atoms with Gasteiger partial charge in [0.05, 0.1) is 17.5 Å². The molecular formula is C16H27N3O3S. The average Bonchev–Trinajstić information content (AvgIpc) is 2.53. The zero-order valence-corrected chi connectivity index (χ0v) is 14.7. The van der Waals surface area contributed by atoms with E-state index >= 15 is 0 Å². The zero-order valence-electron chi connectivity index (χ0n) is 13.9. The molecule has 0 saturated carbocycles. The van der Waals surface area contributed by atoms with Crippen molar-refractivity contribution < 1.29 is 13.2 Å². The van der Waals surface area contributed by atoms with Gasteiger partial charge in [-0.3, -0.25) is 0 Å². The summed E-state index contributed by atoms with van der Waals surface area (Å²) in [5.41, 5.74) is 1.07. The Kier molecular flexibility index (Phi) is 6.68. The monoisotopic (exact) mass is 341 g/mol. The first-order valence-corrected chi connectivity index (χ1v) is 9.84. The van der Waals surface area contributed by atoms with E-state index in [1.807, 2.05) is 38.1 Å². The summed E-state index contributed by atoms with van der Waals surface area (Å²) in [6.45, 7) is 7.79. The molecule has 7 heteroatoms. The summed E-state index contributed by atoms with van der Waals surface area (Å²) in [6.07, 6.45) is 0.606. The average molecular weight is 341 g/mol. The van der Waals surface area contributed by atoms with Crippen LogP contribution in [-0.2, 0) is 10.0 Å². The Bertz CT molecular complexity index is 586. The SMILES string of the molecule is CCCS(=O)(=O)NC(C)COc1ccccc1N1CCNCC1. The minimum atomic E-state index is -3.21. The lowest BCUT2D eigenvalue weighted by atomic mass is 10.2. The molecule has 130 valence electrons. The Labute approximate surface area is 139 Å². The molecule has 1 atom stereocenters. The highest BCUT2D eigenvalue weighted by Crippen LogP contribution is 2.28. The van der Waals surface area contributed by atoms with Gasteiger partial charge >= 0.3 is 0 Å². The third-order valence-corrected chi connectivity index (χ3v) is 5.37. The second-order valence-corrected chi connectivity index (χ2v) is 7.73. The second-order valence-electron chi connectivity index (χ2n) is 5.85. The van der Waals surface area contributed by atoms with Gasteiger partial charge in [0.15, 0.2) is 0 Å². The van der Waals surface area contributed by atoms with Gasteiger partial charge < -0.3 is 15.0 Å². The molecule has 1 aliphatic rings. The Balaban J connectivity index is 1.95. The molecule has 23 heavy (non-hydrogen) atoms. The molecule has 1 unspecified atom stereocenters. The molecule has 2 N–H and O–H groups in total. The first-order chi connectivity index (χ1) is 11.0. The van der Waals surface area contributed by atoms with Crippen LogP contribution in [0.2, 0.25) is 0 Å². The minimum Gasteiger partial charge on any atom is -0.490 e. The minimum absolute atomic E-state index is 0.148. The zero-order chi connectivity index (χ0) is 16.7. The fraction of sp³-hybridized carbons (Fsp3) is 0.625. The Morgan fingerprint density at radius 1 is 1.30 bits per heavy atom. The summed E-state index contributed by atoms with van der Waals surface area (Å²) in [6, 6.07) is 7.66. The standard InChI is InChI=1S/C16H27N3O3S/c1-3-12-23(20,21)18-14(2)13-22-16-7-5-4-6-15(16)19-10-8-17-9-11-19/h4-7,14,17-18H,3,8-13H2,1-2H3. The lowest BCUT2D eigenvalue weighted by Crippen LogP contribution is -2.43. The molecule has 0 bridgehead atoms. The van der Waals surface area contributed by atoms with Crippen molar-refractivity contribution in [3.05, 3.63) is 24.3 Å². The van der Waals surface area contributed by atoms with Gasteiger partial charge in [-0.2, -0.15) is 0 Å². The van der Waals surface area contributed by atoms with E-state index < -0.39 is 10.0 Å². The van der Waals surface area contributed by atoms with Crippen LogP contribution in [0, 0.1) is 0 Å². The van der Waals surface area contributed by atoms with Crippen LogP contribution in [0.1, 0.15) is 20.3 Å². The molecule has 0 spiro atoms. The van der Waals surface area contributed by atoms with Gasteiger partial charge in [0.2, 0.25) is 10.0 Å². The summed E-state index contributed by atoms with van der Waals surface area (Å²) < 4.78 is 32.1. The van der Waals surface area contributed by atoms with Gasteiger partial charge in [-0.15, -0.1) is 0 Å². The van der Waals surface area contributed by atoms with E-state index in [0.717, 1.165) is 37.6 Å². The maximum atomic E-state index is 11.8. The van der Waals surface area contributed by atoms with Crippen LogP contribution >= 0.6 is 0 Å². The quantitative estimate of drug-likeness (QED) is 0.743. The van der Waals surface area contributed by atoms with Crippen molar-refractivity contribution in [2.75, 3.05) is 43.4 Å². The number of hydrogen-bond acceptors (Lipinski definition) is 5. The van der Waals surface area contributed by atoms with Crippen LogP contribution < -0.4 is 19.7 Å². The molecule has 0 aliphatic carbocycles. The predicted molar refractivity (Wildman–Crippen MR) is 93.7 cm³/mol. The molecule has 6 nitrogen and oxygen atoms in total. The van der Waals surface area contributed by atoms with Crippen LogP contribution in [-0.4, -0.2) is 53.0 Å². The van der Waals surface area contributed by atoms with E-state index in [4.69, 9.17) is 4.74 Å². The Morgan fingerprint density at radius 3 is 2.70 bits per heavy atom. The van der Waals surface area contributed by atoms with E-state index in [0.29, 0.717) is 13.0 Å². The van der Waals surface area contributed by atoms with Crippen molar-refractivity contribution in [3.63, 3.8) is 0 Å². The molecule has 1 aromatic rings. The number of nitrogens with one attached hydrogen (secondary N) is 2. The number of para-hydroxylation sites is 2. The Morgan fingerprint density at radius 2 is 2.00 bits per heavy atom. The highest BCUT2D eigenvalue weighted by atomic mass is 32.2. The van der Waals surface area contributed by atoms with Gasteiger partial charge in [-0.1, -0.05) is 19.1 Å². The largest absolute Gasteiger partial charge is 0.490 e. The van der Waals surface area contributed by atoms with E-state index in [-0.39, 0.29) is 11.8 Å². The van der Waals surface area contributed by atoms with Gasteiger partial charge in [-0.05, 0) is 25.5 Å². The summed E-state index contributed by atoms with van der Waals surface area (Å²) in [5, 5.41) is 3.33. The van der Waals surface area contributed by atoms with Crippen molar-refractivity contribution in [2.24, 2.45) is 0 Å². The normalized spacial score (nSPS) is 17.0. The number of rotatable bonds is 8. The number of hydrogen-bond donors (Lipinski definition) is 2. The first-order valence-electron chi connectivity index (χ1n) is 8.19. The van der Waals surface area contributed by atoms with E-state index in [2.05, 4.69) is 14.9 Å². The maximum absolute atomic E-state index is 11.8. The topological polar surface area (TPSA) is 70.7 Å². The van der Waals surface area contributed by atoms with Crippen molar-refractivity contribution in [3.8, 4) is 5.75 Å². The number of piperazine rings is 1. The highest BCUT2D eigenvalue weighted by Gasteiger charge is 2.17. The lowest BCUT2D eigenvalue weighted by Gasteiger charge is -2.31. The highest BCUT2D eigenvalue weighted by molar-refractivity contribution is 7.89.